The first-order valence-electron chi connectivity index (χ1n) is 13.1. The molecule has 192 valence electrons. The van der Waals surface area contributed by atoms with Crippen LogP contribution >= 0.6 is 0 Å². The molecule has 5 heteroatoms. The molecule has 0 aliphatic carbocycles. The Bertz CT molecular complexity index is 1130. The summed E-state index contributed by atoms with van der Waals surface area (Å²) in [6.07, 6.45) is 9.08. The van der Waals surface area contributed by atoms with Crippen LogP contribution in [-0.4, -0.2) is 30.7 Å². The number of fused-ring (bicyclic) bond motifs is 1. The molecule has 0 saturated heterocycles. The van der Waals surface area contributed by atoms with Gasteiger partial charge in [0.15, 0.2) is 17.3 Å². The zero-order valence-electron chi connectivity index (χ0n) is 21.7. The van der Waals surface area contributed by atoms with Gasteiger partial charge in [0.05, 0.1) is 25.4 Å². The van der Waals surface area contributed by atoms with Crippen molar-refractivity contribution >= 4 is 22.6 Å². The number of hydrogen-bond donors (Lipinski definition) is 1. The number of hydrogen-bond acceptors (Lipinski definition) is 5. The molecule has 0 aromatic heterocycles. The fraction of sp³-hybridized carbons (Fsp3) is 0.387. The molecule has 3 rings (SSSR count). The van der Waals surface area contributed by atoms with Gasteiger partial charge in [0.1, 0.15) is 5.75 Å². The van der Waals surface area contributed by atoms with Crippen molar-refractivity contribution in [3.8, 4) is 23.0 Å². The largest absolute Gasteiger partial charge is 0.507 e. The number of ether oxygens (including phenoxy) is 3. The summed E-state index contributed by atoms with van der Waals surface area (Å²) in [7, 11) is 0. The van der Waals surface area contributed by atoms with Crippen molar-refractivity contribution in [2.75, 3.05) is 19.8 Å². The molecule has 0 aliphatic rings. The third kappa shape index (κ3) is 7.27. The Morgan fingerprint density at radius 3 is 2.00 bits per heavy atom. The maximum Gasteiger partial charge on any atom is 0.203 e. The normalized spacial score (nSPS) is 11.2. The standard InChI is InChI=1S/C31H38O5/c1-4-7-18-34-28-21-23(22-29(35-19-8-5-2)31(28)36-20-9-6-3)14-17-27(32)26-16-15-24-12-10-11-13-25(24)30(26)33/h10-17,21-22,33H,4-9,18-20H2,1-3H3/b17-14+. The Kier molecular flexibility index (Phi) is 10.7. The van der Waals surface area contributed by atoms with Gasteiger partial charge in [-0.15, -0.1) is 0 Å². The van der Waals surface area contributed by atoms with Crippen molar-refractivity contribution in [1.29, 1.82) is 0 Å². The average Bonchev–Trinajstić information content (AvgIpc) is 2.89. The number of benzene rings is 3. The van der Waals surface area contributed by atoms with Gasteiger partial charge >= 0.3 is 0 Å². The molecule has 0 bridgehead atoms. The number of rotatable bonds is 15. The summed E-state index contributed by atoms with van der Waals surface area (Å²) >= 11 is 0. The lowest BCUT2D eigenvalue weighted by molar-refractivity contribution is 0.104. The molecular formula is C31H38O5. The lowest BCUT2D eigenvalue weighted by Crippen LogP contribution is -2.06. The summed E-state index contributed by atoms with van der Waals surface area (Å²) in [5, 5.41) is 12.2. The van der Waals surface area contributed by atoms with Crippen LogP contribution in [0.25, 0.3) is 16.8 Å². The zero-order chi connectivity index (χ0) is 25.8. The fourth-order valence-corrected chi connectivity index (χ4v) is 3.74. The van der Waals surface area contributed by atoms with E-state index in [1.54, 1.807) is 12.1 Å². The van der Waals surface area contributed by atoms with Gasteiger partial charge in [-0.05, 0) is 54.5 Å². The maximum atomic E-state index is 13.0. The molecule has 3 aromatic carbocycles. The summed E-state index contributed by atoms with van der Waals surface area (Å²) in [6, 6.07) is 14.7. The van der Waals surface area contributed by atoms with E-state index in [2.05, 4.69) is 20.8 Å². The van der Waals surface area contributed by atoms with E-state index in [4.69, 9.17) is 14.2 Å². The first-order chi connectivity index (χ1) is 17.6. The molecule has 5 nitrogen and oxygen atoms in total. The maximum absolute atomic E-state index is 13.0. The summed E-state index contributed by atoms with van der Waals surface area (Å²) < 4.78 is 18.3. The highest BCUT2D eigenvalue weighted by molar-refractivity contribution is 6.11. The molecule has 3 aromatic rings. The minimum atomic E-state index is -0.275. The second kappa shape index (κ2) is 14.2. The van der Waals surface area contributed by atoms with Gasteiger partial charge in [0, 0.05) is 5.39 Å². The van der Waals surface area contributed by atoms with E-state index in [1.807, 2.05) is 42.5 Å². The number of carbonyl (C=O) groups excluding carboxylic acids is 1. The lowest BCUT2D eigenvalue weighted by atomic mass is 10.0. The minimum absolute atomic E-state index is 0.00500. The molecular weight excluding hydrogens is 452 g/mol. The Balaban J connectivity index is 1.92. The predicted molar refractivity (Wildman–Crippen MR) is 147 cm³/mol. The van der Waals surface area contributed by atoms with Crippen molar-refractivity contribution in [3.63, 3.8) is 0 Å². The van der Waals surface area contributed by atoms with Gasteiger partial charge in [0.25, 0.3) is 0 Å². The summed E-state index contributed by atoms with van der Waals surface area (Å²) in [6.45, 7) is 8.10. The molecule has 0 aliphatic heterocycles. The SMILES string of the molecule is CCCCOc1cc(/C=C/C(=O)c2ccc3ccccc3c2O)cc(OCCCC)c1OCCCC. The molecule has 0 fully saturated rings. The number of phenolic OH excluding ortho intramolecular Hbond substituents is 1. The molecule has 36 heavy (non-hydrogen) atoms. The van der Waals surface area contributed by atoms with Crippen LogP contribution in [-0.2, 0) is 0 Å². The van der Waals surface area contributed by atoms with Crippen LogP contribution in [0.5, 0.6) is 23.0 Å². The quantitative estimate of drug-likeness (QED) is 0.133. The second-order valence-corrected chi connectivity index (χ2v) is 8.83. The van der Waals surface area contributed by atoms with Crippen LogP contribution in [0.15, 0.2) is 54.6 Å². The molecule has 0 saturated carbocycles. The van der Waals surface area contributed by atoms with E-state index in [1.165, 1.54) is 6.08 Å². The number of ketones is 1. The first kappa shape index (κ1) is 27.1. The van der Waals surface area contributed by atoms with Gasteiger partial charge in [-0.1, -0.05) is 76.4 Å². The minimum Gasteiger partial charge on any atom is -0.507 e. The Hall–Kier alpha value is -3.47. The highest BCUT2D eigenvalue weighted by Crippen LogP contribution is 2.40. The van der Waals surface area contributed by atoms with E-state index < -0.39 is 0 Å². The molecule has 0 radical (unpaired) electrons. The molecule has 0 heterocycles. The number of allylic oxidation sites excluding steroid dienone is 1. The van der Waals surface area contributed by atoms with Crippen LogP contribution < -0.4 is 14.2 Å². The second-order valence-electron chi connectivity index (χ2n) is 8.83. The van der Waals surface area contributed by atoms with Crippen LogP contribution in [0.2, 0.25) is 0 Å². The molecule has 0 spiro atoms. The van der Waals surface area contributed by atoms with Crippen molar-refractivity contribution in [2.24, 2.45) is 0 Å². The van der Waals surface area contributed by atoms with E-state index in [9.17, 15) is 9.90 Å². The Morgan fingerprint density at radius 2 is 1.39 bits per heavy atom. The van der Waals surface area contributed by atoms with E-state index >= 15 is 0 Å². The number of carbonyl (C=O) groups is 1. The number of phenols is 1. The summed E-state index contributed by atoms with van der Waals surface area (Å²) in [5.74, 6) is 1.58. The first-order valence-corrected chi connectivity index (χ1v) is 13.1. The van der Waals surface area contributed by atoms with Crippen LogP contribution in [0, 0.1) is 0 Å². The molecule has 0 atom stereocenters. The van der Waals surface area contributed by atoms with Crippen molar-refractivity contribution in [3.05, 3.63) is 65.7 Å². The summed E-state index contributed by atoms with van der Waals surface area (Å²) in [4.78, 5) is 13.0. The van der Waals surface area contributed by atoms with Gasteiger partial charge in [-0.3, -0.25) is 4.79 Å². The Labute approximate surface area is 214 Å². The van der Waals surface area contributed by atoms with E-state index in [-0.39, 0.29) is 17.1 Å². The monoisotopic (exact) mass is 490 g/mol. The van der Waals surface area contributed by atoms with Gasteiger partial charge < -0.3 is 19.3 Å². The van der Waals surface area contributed by atoms with Crippen molar-refractivity contribution in [1.82, 2.24) is 0 Å². The van der Waals surface area contributed by atoms with Crippen LogP contribution in [0.1, 0.15) is 75.2 Å². The molecule has 0 amide bonds. The fourth-order valence-electron chi connectivity index (χ4n) is 3.74. The van der Waals surface area contributed by atoms with Crippen LogP contribution in [0.3, 0.4) is 0 Å². The average molecular weight is 491 g/mol. The summed E-state index contributed by atoms with van der Waals surface area (Å²) in [5.41, 5.74) is 1.03. The third-order valence-corrected chi connectivity index (χ3v) is 5.89. The van der Waals surface area contributed by atoms with Crippen LogP contribution in [0.4, 0.5) is 0 Å². The van der Waals surface area contributed by atoms with Gasteiger partial charge in [-0.25, -0.2) is 0 Å². The topological polar surface area (TPSA) is 65.0 Å². The van der Waals surface area contributed by atoms with E-state index in [0.29, 0.717) is 42.5 Å². The lowest BCUT2D eigenvalue weighted by Gasteiger charge is -2.18. The predicted octanol–water partition coefficient (Wildman–Crippen LogP) is 7.98. The zero-order valence-corrected chi connectivity index (χ0v) is 21.7. The molecule has 1 N–H and O–H groups in total. The van der Waals surface area contributed by atoms with Gasteiger partial charge in [-0.2, -0.15) is 0 Å². The van der Waals surface area contributed by atoms with Gasteiger partial charge in [0.2, 0.25) is 5.75 Å². The third-order valence-electron chi connectivity index (χ3n) is 5.89. The Morgan fingerprint density at radius 1 is 0.806 bits per heavy atom. The highest BCUT2D eigenvalue weighted by atomic mass is 16.5. The van der Waals surface area contributed by atoms with Crippen molar-refractivity contribution in [2.45, 2.75) is 59.3 Å². The molecule has 0 unspecified atom stereocenters. The number of unbranched alkanes of at least 4 members (excludes halogenated alkanes) is 3. The smallest absolute Gasteiger partial charge is 0.203 e. The number of aromatic hydroxyl groups is 1. The van der Waals surface area contributed by atoms with E-state index in [0.717, 1.165) is 49.5 Å². The van der Waals surface area contributed by atoms with Crippen molar-refractivity contribution < 1.29 is 24.1 Å². The highest BCUT2D eigenvalue weighted by Gasteiger charge is 2.16.